The average molecular weight is 335 g/mol. The third kappa shape index (κ3) is 3.28. The van der Waals surface area contributed by atoms with E-state index in [0.29, 0.717) is 23.5 Å². The summed E-state index contributed by atoms with van der Waals surface area (Å²) < 4.78 is 19.5. The summed E-state index contributed by atoms with van der Waals surface area (Å²) in [6.07, 6.45) is 0. The van der Waals surface area contributed by atoms with E-state index in [4.69, 9.17) is 10.00 Å². The van der Waals surface area contributed by atoms with Crippen molar-refractivity contribution in [2.24, 2.45) is 0 Å². The molecule has 0 atom stereocenters. The van der Waals surface area contributed by atoms with Crippen LogP contribution in [0.15, 0.2) is 40.9 Å². The molecule has 0 aliphatic carbocycles. The lowest BCUT2D eigenvalue weighted by molar-refractivity contribution is 0.413. The second-order valence-corrected chi connectivity index (χ2v) is 5.04. The van der Waals surface area contributed by atoms with Gasteiger partial charge in [0.15, 0.2) is 0 Å². The topological polar surface area (TPSA) is 45.0 Å². The van der Waals surface area contributed by atoms with E-state index in [-0.39, 0.29) is 5.82 Å². The van der Waals surface area contributed by atoms with E-state index in [2.05, 4.69) is 27.3 Å². The minimum atomic E-state index is -0.317. The Labute approximate surface area is 125 Å². The first-order valence-corrected chi connectivity index (χ1v) is 6.69. The van der Waals surface area contributed by atoms with Crippen molar-refractivity contribution in [3.8, 4) is 11.8 Å². The lowest BCUT2D eigenvalue weighted by Gasteiger charge is -2.09. The van der Waals surface area contributed by atoms with Crippen molar-refractivity contribution >= 4 is 21.6 Å². The van der Waals surface area contributed by atoms with Gasteiger partial charge in [0.25, 0.3) is 0 Å². The molecule has 0 bridgehead atoms. The standard InChI is InChI=1S/C15H12BrFN2O/c1-20-15-5-2-10(6-11(15)8-18)9-19-14-7-12(16)3-4-13(14)17/h2-7,19H,9H2,1H3. The van der Waals surface area contributed by atoms with Crippen LogP contribution in [0.4, 0.5) is 10.1 Å². The van der Waals surface area contributed by atoms with Gasteiger partial charge in [0, 0.05) is 11.0 Å². The normalized spacial score (nSPS) is 9.90. The Morgan fingerprint density at radius 2 is 2.10 bits per heavy atom. The fourth-order valence-electron chi connectivity index (χ4n) is 1.78. The Kier molecular flexibility index (Phi) is 4.59. The molecule has 5 heteroatoms. The molecule has 3 nitrogen and oxygen atoms in total. The van der Waals surface area contributed by atoms with Gasteiger partial charge < -0.3 is 10.1 Å². The van der Waals surface area contributed by atoms with Crippen LogP contribution in [0, 0.1) is 17.1 Å². The molecule has 0 spiro atoms. The zero-order valence-corrected chi connectivity index (χ0v) is 12.4. The average Bonchev–Trinajstić information content (AvgIpc) is 2.47. The van der Waals surface area contributed by atoms with E-state index in [1.165, 1.54) is 13.2 Å². The maximum absolute atomic E-state index is 13.6. The number of halogens is 2. The molecular formula is C15H12BrFN2O. The zero-order valence-electron chi connectivity index (χ0n) is 10.8. The minimum Gasteiger partial charge on any atom is -0.495 e. The molecular weight excluding hydrogens is 323 g/mol. The molecule has 0 aliphatic rings. The minimum absolute atomic E-state index is 0.317. The van der Waals surface area contributed by atoms with Crippen molar-refractivity contribution in [3.05, 3.63) is 57.8 Å². The maximum Gasteiger partial charge on any atom is 0.146 e. The second kappa shape index (κ2) is 6.40. The van der Waals surface area contributed by atoms with Crippen LogP contribution in [0.3, 0.4) is 0 Å². The van der Waals surface area contributed by atoms with E-state index in [1.807, 2.05) is 6.07 Å². The monoisotopic (exact) mass is 334 g/mol. The first kappa shape index (κ1) is 14.4. The lowest BCUT2D eigenvalue weighted by atomic mass is 10.1. The molecule has 102 valence electrons. The van der Waals surface area contributed by atoms with E-state index < -0.39 is 0 Å². The van der Waals surface area contributed by atoms with Gasteiger partial charge in [0.1, 0.15) is 17.6 Å². The van der Waals surface area contributed by atoms with Gasteiger partial charge in [-0.1, -0.05) is 22.0 Å². The molecule has 0 saturated carbocycles. The molecule has 0 radical (unpaired) electrons. The number of nitriles is 1. The van der Waals surface area contributed by atoms with Crippen LogP contribution >= 0.6 is 15.9 Å². The van der Waals surface area contributed by atoms with Crippen molar-refractivity contribution in [3.63, 3.8) is 0 Å². The van der Waals surface area contributed by atoms with Crippen LogP contribution in [0.25, 0.3) is 0 Å². The molecule has 0 amide bonds. The highest BCUT2D eigenvalue weighted by Gasteiger charge is 2.05. The maximum atomic E-state index is 13.6. The molecule has 20 heavy (non-hydrogen) atoms. The number of ether oxygens (including phenoxy) is 1. The van der Waals surface area contributed by atoms with Gasteiger partial charge in [0.05, 0.1) is 18.4 Å². The summed E-state index contributed by atoms with van der Waals surface area (Å²) >= 11 is 3.30. The number of hydrogen-bond donors (Lipinski definition) is 1. The molecule has 0 aromatic heterocycles. The van der Waals surface area contributed by atoms with Crippen molar-refractivity contribution in [1.82, 2.24) is 0 Å². The molecule has 0 heterocycles. The predicted octanol–water partition coefficient (Wildman–Crippen LogP) is 4.08. The summed E-state index contributed by atoms with van der Waals surface area (Å²) in [6, 6.07) is 12.1. The molecule has 0 saturated heterocycles. The number of nitrogens with one attached hydrogen (secondary N) is 1. The summed E-state index contributed by atoms with van der Waals surface area (Å²) in [5.74, 6) is 0.215. The van der Waals surface area contributed by atoms with Gasteiger partial charge in [-0.05, 0) is 35.9 Å². The summed E-state index contributed by atoms with van der Waals surface area (Å²) in [7, 11) is 1.52. The van der Waals surface area contributed by atoms with Crippen LogP contribution in [-0.2, 0) is 6.54 Å². The van der Waals surface area contributed by atoms with Crippen molar-refractivity contribution in [1.29, 1.82) is 5.26 Å². The van der Waals surface area contributed by atoms with Gasteiger partial charge in [-0.15, -0.1) is 0 Å². The molecule has 2 rings (SSSR count). The SMILES string of the molecule is COc1ccc(CNc2cc(Br)ccc2F)cc1C#N. The first-order valence-electron chi connectivity index (χ1n) is 5.90. The quantitative estimate of drug-likeness (QED) is 0.916. The van der Waals surface area contributed by atoms with Crippen LogP contribution in [0.2, 0.25) is 0 Å². The smallest absolute Gasteiger partial charge is 0.146 e. The highest BCUT2D eigenvalue weighted by atomic mass is 79.9. The molecule has 2 aromatic rings. The van der Waals surface area contributed by atoms with Crippen molar-refractivity contribution in [2.75, 3.05) is 12.4 Å². The van der Waals surface area contributed by atoms with E-state index in [0.717, 1.165) is 10.0 Å². The Hall–Kier alpha value is -2.06. The van der Waals surface area contributed by atoms with Crippen LogP contribution in [0.5, 0.6) is 5.75 Å². The van der Waals surface area contributed by atoms with Crippen LogP contribution < -0.4 is 10.1 Å². The highest BCUT2D eigenvalue weighted by molar-refractivity contribution is 9.10. The zero-order chi connectivity index (χ0) is 14.5. The number of methoxy groups -OCH3 is 1. The fourth-order valence-corrected chi connectivity index (χ4v) is 2.14. The molecule has 2 aromatic carbocycles. The number of hydrogen-bond acceptors (Lipinski definition) is 3. The second-order valence-electron chi connectivity index (χ2n) is 4.12. The lowest BCUT2D eigenvalue weighted by Crippen LogP contribution is -2.02. The number of rotatable bonds is 4. The van der Waals surface area contributed by atoms with Gasteiger partial charge >= 0.3 is 0 Å². The third-order valence-electron chi connectivity index (χ3n) is 2.80. The summed E-state index contributed by atoms with van der Waals surface area (Å²) in [4.78, 5) is 0. The van der Waals surface area contributed by atoms with E-state index in [9.17, 15) is 4.39 Å². The molecule has 0 unspecified atom stereocenters. The summed E-state index contributed by atoms with van der Waals surface area (Å²) in [5, 5.41) is 12.0. The third-order valence-corrected chi connectivity index (χ3v) is 3.29. The Morgan fingerprint density at radius 3 is 2.80 bits per heavy atom. The summed E-state index contributed by atoms with van der Waals surface area (Å²) in [6.45, 7) is 0.423. The summed E-state index contributed by atoms with van der Waals surface area (Å²) in [5.41, 5.74) is 1.75. The van der Waals surface area contributed by atoms with Crippen LogP contribution in [0.1, 0.15) is 11.1 Å². The number of anilines is 1. The fraction of sp³-hybridized carbons (Fsp3) is 0.133. The molecule has 0 aliphatic heterocycles. The van der Waals surface area contributed by atoms with E-state index in [1.54, 1.807) is 24.3 Å². The molecule has 0 fully saturated rings. The first-order chi connectivity index (χ1) is 9.63. The Bertz CT molecular complexity index is 667. The van der Waals surface area contributed by atoms with Gasteiger partial charge in [-0.25, -0.2) is 4.39 Å². The van der Waals surface area contributed by atoms with Gasteiger partial charge in [0.2, 0.25) is 0 Å². The molecule has 1 N–H and O–H groups in total. The van der Waals surface area contributed by atoms with Gasteiger partial charge in [-0.2, -0.15) is 5.26 Å². The highest BCUT2D eigenvalue weighted by Crippen LogP contribution is 2.22. The van der Waals surface area contributed by atoms with Crippen LogP contribution in [-0.4, -0.2) is 7.11 Å². The Morgan fingerprint density at radius 1 is 1.30 bits per heavy atom. The van der Waals surface area contributed by atoms with Crippen molar-refractivity contribution < 1.29 is 9.13 Å². The number of nitrogens with zero attached hydrogens (tertiary/aromatic N) is 1. The predicted molar refractivity (Wildman–Crippen MR) is 79.1 cm³/mol. The largest absolute Gasteiger partial charge is 0.495 e. The number of benzene rings is 2. The van der Waals surface area contributed by atoms with Crippen molar-refractivity contribution in [2.45, 2.75) is 6.54 Å². The van der Waals surface area contributed by atoms with E-state index >= 15 is 0 Å². The van der Waals surface area contributed by atoms with Gasteiger partial charge in [-0.3, -0.25) is 0 Å². The Balaban J connectivity index is 2.15.